The van der Waals surface area contributed by atoms with Crippen LogP contribution in [-0.2, 0) is 19.4 Å². The minimum Gasteiger partial charge on any atom is -0.508 e. The summed E-state index contributed by atoms with van der Waals surface area (Å²) in [5.41, 5.74) is 3.11. The molecule has 3 rings (SSSR count). The molecule has 2 aromatic rings. The summed E-state index contributed by atoms with van der Waals surface area (Å²) in [5, 5.41) is 10.4. The molecular formula is C18H24N2O2. The average Bonchev–Trinajstić information content (AvgIpc) is 2.96. The van der Waals surface area contributed by atoms with Gasteiger partial charge in [0, 0.05) is 24.5 Å². The van der Waals surface area contributed by atoms with Crippen molar-refractivity contribution < 1.29 is 9.84 Å². The predicted molar refractivity (Wildman–Crippen MR) is 86.4 cm³/mol. The van der Waals surface area contributed by atoms with E-state index >= 15 is 0 Å². The number of benzene rings is 1. The van der Waals surface area contributed by atoms with Crippen LogP contribution in [0, 0.1) is 6.92 Å². The molecule has 1 N–H and O–H groups in total. The van der Waals surface area contributed by atoms with Crippen LogP contribution in [0.25, 0.3) is 0 Å². The van der Waals surface area contributed by atoms with E-state index in [-0.39, 0.29) is 5.60 Å². The van der Waals surface area contributed by atoms with Crippen LogP contribution in [0.4, 0.5) is 0 Å². The minimum absolute atomic E-state index is 0.122. The summed E-state index contributed by atoms with van der Waals surface area (Å²) in [6, 6.07) is 1.89. The molecule has 0 aliphatic carbocycles. The molecule has 1 aromatic heterocycles. The molecule has 0 atom stereocenters. The zero-order valence-corrected chi connectivity index (χ0v) is 13.6. The lowest BCUT2D eigenvalue weighted by molar-refractivity contribution is 0.0833. The Morgan fingerprint density at radius 1 is 1.41 bits per heavy atom. The van der Waals surface area contributed by atoms with Crippen LogP contribution < -0.4 is 4.74 Å². The Balaban J connectivity index is 1.79. The van der Waals surface area contributed by atoms with Crippen molar-refractivity contribution in [2.75, 3.05) is 0 Å². The van der Waals surface area contributed by atoms with Gasteiger partial charge in [-0.1, -0.05) is 0 Å². The molecule has 4 heteroatoms. The molecule has 0 saturated carbocycles. The Morgan fingerprint density at radius 2 is 2.23 bits per heavy atom. The number of rotatable bonds is 4. The molecule has 118 valence electrons. The summed E-state index contributed by atoms with van der Waals surface area (Å²) in [6.07, 6.45) is 9.33. The van der Waals surface area contributed by atoms with Crippen molar-refractivity contribution in [3.63, 3.8) is 0 Å². The van der Waals surface area contributed by atoms with E-state index in [2.05, 4.69) is 30.3 Å². The van der Waals surface area contributed by atoms with Gasteiger partial charge in [0.1, 0.15) is 17.1 Å². The molecule has 4 nitrogen and oxygen atoms in total. The number of aryl methyl sites for hydroxylation is 2. The maximum absolute atomic E-state index is 10.4. The van der Waals surface area contributed by atoms with Gasteiger partial charge in [0.05, 0.1) is 6.33 Å². The minimum atomic E-state index is -0.122. The second-order valence-corrected chi connectivity index (χ2v) is 6.75. The molecular weight excluding hydrogens is 276 g/mol. The number of fused-ring (bicyclic) bond motifs is 1. The summed E-state index contributed by atoms with van der Waals surface area (Å²) in [6.45, 7) is 7.22. The number of hydrogen-bond acceptors (Lipinski definition) is 3. The molecule has 0 fully saturated rings. The maximum atomic E-state index is 10.4. The van der Waals surface area contributed by atoms with E-state index in [1.165, 1.54) is 0 Å². The van der Waals surface area contributed by atoms with Gasteiger partial charge in [-0.3, -0.25) is 0 Å². The standard InChI is InChI=1S/C18H24N2O2/c1-13-15(5-4-9-20-10-8-19-12-20)16(21)11-14-6-7-18(2,3)22-17(13)14/h8,10-12,21H,4-7,9H2,1-3H3. The lowest BCUT2D eigenvalue weighted by Crippen LogP contribution is -2.33. The van der Waals surface area contributed by atoms with Crippen molar-refractivity contribution in [2.24, 2.45) is 0 Å². The quantitative estimate of drug-likeness (QED) is 0.938. The molecule has 22 heavy (non-hydrogen) atoms. The van der Waals surface area contributed by atoms with Crippen LogP contribution in [0.5, 0.6) is 11.5 Å². The van der Waals surface area contributed by atoms with Crippen LogP contribution in [0.15, 0.2) is 24.8 Å². The Labute approximate surface area is 131 Å². The Kier molecular flexibility index (Phi) is 3.85. The van der Waals surface area contributed by atoms with Gasteiger partial charge in [-0.2, -0.15) is 0 Å². The van der Waals surface area contributed by atoms with Gasteiger partial charge < -0.3 is 14.4 Å². The van der Waals surface area contributed by atoms with Gasteiger partial charge >= 0.3 is 0 Å². The smallest absolute Gasteiger partial charge is 0.126 e. The first-order chi connectivity index (χ1) is 10.5. The van der Waals surface area contributed by atoms with E-state index in [4.69, 9.17) is 4.74 Å². The topological polar surface area (TPSA) is 47.3 Å². The molecule has 1 aliphatic rings. The van der Waals surface area contributed by atoms with Crippen molar-refractivity contribution in [1.82, 2.24) is 9.55 Å². The first-order valence-electron chi connectivity index (χ1n) is 7.95. The highest BCUT2D eigenvalue weighted by Gasteiger charge is 2.29. The van der Waals surface area contributed by atoms with Gasteiger partial charge in [0.2, 0.25) is 0 Å². The molecule has 0 bridgehead atoms. The largest absolute Gasteiger partial charge is 0.508 e. The van der Waals surface area contributed by atoms with E-state index < -0.39 is 0 Å². The number of imidazole rings is 1. The number of aromatic hydroxyl groups is 1. The van der Waals surface area contributed by atoms with Crippen molar-refractivity contribution in [3.05, 3.63) is 41.5 Å². The van der Waals surface area contributed by atoms with Crippen LogP contribution in [0.2, 0.25) is 0 Å². The first kappa shape index (κ1) is 14.9. The van der Waals surface area contributed by atoms with Gasteiger partial charge in [-0.25, -0.2) is 4.98 Å². The molecule has 0 unspecified atom stereocenters. The van der Waals surface area contributed by atoms with Gasteiger partial charge in [0.15, 0.2) is 0 Å². The van der Waals surface area contributed by atoms with E-state index in [1.54, 1.807) is 6.20 Å². The monoisotopic (exact) mass is 300 g/mol. The Morgan fingerprint density at radius 3 is 2.95 bits per heavy atom. The van der Waals surface area contributed by atoms with Crippen molar-refractivity contribution >= 4 is 0 Å². The summed E-state index contributed by atoms with van der Waals surface area (Å²) >= 11 is 0. The molecule has 0 saturated heterocycles. The lowest BCUT2D eigenvalue weighted by atomic mass is 9.90. The second kappa shape index (κ2) is 5.67. The number of aromatic nitrogens is 2. The number of phenols is 1. The average molecular weight is 300 g/mol. The molecule has 1 aromatic carbocycles. The zero-order valence-electron chi connectivity index (χ0n) is 13.6. The summed E-state index contributed by atoms with van der Waals surface area (Å²) in [5.74, 6) is 1.39. The van der Waals surface area contributed by atoms with Crippen LogP contribution in [-0.4, -0.2) is 20.3 Å². The number of ether oxygens (including phenoxy) is 1. The highest BCUT2D eigenvalue weighted by atomic mass is 16.5. The molecule has 0 spiro atoms. The van der Waals surface area contributed by atoms with E-state index in [1.807, 2.05) is 18.6 Å². The molecule has 1 aliphatic heterocycles. The molecule has 0 amide bonds. The predicted octanol–water partition coefficient (Wildman–Crippen LogP) is 3.63. The summed E-state index contributed by atoms with van der Waals surface area (Å²) in [7, 11) is 0. The number of nitrogens with zero attached hydrogens (tertiary/aromatic N) is 2. The van der Waals surface area contributed by atoms with Crippen molar-refractivity contribution in [2.45, 2.75) is 58.6 Å². The molecule has 2 heterocycles. The third-order valence-corrected chi connectivity index (χ3v) is 4.48. The number of phenolic OH excluding ortho intramolecular Hbond substituents is 1. The van der Waals surface area contributed by atoms with Gasteiger partial charge in [-0.05, 0) is 63.6 Å². The third-order valence-electron chi connectivity index (χ3n) is 4.48. The maximum Gasteiger partial charge on any atom is 0.126 e. The Hall–Kier alpha value is -1.97. The van der Waals surface area contributed by atoms with Crippen LogP contribution in [0.1, 0.15) is 43.4 Å². The van der Waals surface area contributed by atoms with E-state index in [0.717, 1.165) is 54.7 Å². The Bertz CT molecular complexity index is 660. The lowest BCUT2D eigenvalue weighted by Gasteiger charge is -2.34. The summed E-state index contributed by atoms with van der Waals surface area (Å²) in [4.78, 5) is 4.05. The highest BCUT2D eigenvalue weighted by Crippen LogP contribution is 2.40. The van der Waals surface area contributed by atoms with Crippen molar-refractivity contribution in [1.29, 1.82) is 0 Å². The SMILES string of the molecule is Cc1c(CCCn2ccnc2)c(O)cc2c1OC(C)(C)CC2. The zero-order chi connectivity index (χ0) is 15.7. The highest BCUT2D eigenvalue weighted by molar-refractivity contribution is 5.53. The van der Waals surface area contributed by atoms with Crippen LogP contribution >= 0.6 is 0 Å². The van der Waals surface area contributed by atoms with E-state index in [0.29, 0.717) is 5.75 Å². The number of hydrogen-bond donors (Lipinski definition) is 1. The summed E-state index contributed by atoms with van der Waals surface area (Å²) < 4.78 is 8.23. The van der Waals surface area contributed by atoms with Gasteiger partial charge in [-0.15, -0.1) is 0 Å². The normalized spacial score (nSPS) is 16.1. The first-order valence-corrected chi connectivity index (χ1v) is 7.95. The van der Waals surface area contributed by atoms with Gasteiger partial charge in [0.25, 0.3) is 0 Å². The fraction of sp³-hybridized carbons (Fsp3) is 0.500. The fourth-order valence-electron chi connectivity index (χ4n) is 3.15. The fourth-order valence-corrected chi connectivity index (χ4v) is 3.15. The van der Waals surface area contributed by atoms with Crippen molar-refractivity contribution in [3.8, 4) is 11.5 Å². The molecule has 0 radical (unpaired) electrons. The third kappa shape index (κ3) is 2.96. The van der Waals surface area contributed by atoms with Crippen LogP contribution in [0.3, 0.4) is 0 Å². The van der Waals surface area contributed by atoms with E-state index in [9.17, 15) is 5.11 Å². The second-order valence-electron chi connectivity index (χ2n) is 6.75.